The van der Waals surface area contributed by atoms with E-state index in [4.69, 9.17) is 4.74 Å². The molecule has 1 aliphatic rings. The zero-order valence-electron chi connectivity index (χ0n) is 18.3. The van der Waals surface area contributed by atoms with Crippen molar-refractivity contribution in [3.8, 4) is 0 Å². The van der Waals surface area contributed by atoms with Gasteiger partial charge >= 0.3 is 0 Å². The highest BCUT2D eigenvalue weighted by molar-refractivity contribution is 5.76. The minimum absolute atomic E-state index is 0.0397. The SMILES string of the molecule is CC[NH+](CC)CCCNC(=O)C[C@H](CCC(C)C)[C@H]1CCOC(C)(C)C1. The third-order valence-corrected chi connectivity index (χ3v) is 5.99. The number of hydrogen-bond acceptors (Lipinski definition) is 2. The first kappa shape index (κ1) is 23.4. The van der Waals surface area contributed by atoms with E-state index < -0.39 is 0 Å². The van der Waals surface area contributed by atoms with Crippen LogP contribution >= 0.6 is 0 Å². The number of rotatable bonds is 12. The van der Waals surface area contributed by atoms with Gasteiger partial charge in [0.1, 0.15) is 0 Å². The molecule has 0 aromatic heterocycles. The zero-order valence-corrected chi connectivity index (χ0v) is 18.3. The monoisotopic (exact) mass is 369 g/mol. The van der Waals surface area contributed by atoms with Crippen molar-refractivity contribution in [3.05, 3.63) is 0 Å². The van der Waals surface area contributed by atoms with Crippen LogP contribution in [0.4, 0.5) is 0 Å². The van der Waals surface area contributed by atoms with Crippen LogP contribution in [0, 0.1) is 17.8 Å². The van der Waals surface area contributed by atoms with Crippen molar-refractivity contribution < 1.29 is 14.4 Å². The summed E-state index contributed by atoms with van der Waals surface area (Å²) in [5, 5.41) is 3.18. The minimum Gasteiger partial charge on any atom is -0.376 e. The summed E-state index contributed by atoms with van der Waals surface area (Å²) in [7, 11) is 0. The second-order valence-corrected chi connectivity index (χ2v) is 9.21. The fourth-order valence-electron chi connectivity index (χ4n) is 4.21. The molecular formula is C22H45N2O2+. The highest BCUT2D eigenvalue weighted by Crippen LogP contribution is 2.37. The Bertz CT molecular complexity index is 392. The highest BCUT2D eigenvalue weighted by Gasteiger charge is 2.34. The molecule has 1 rings (SSSR count). The lowest BCUT2D eigenvalue weighted by molar-refractivity contribution is -0.896. The van der Waals surface area contributed by atoms with Gasteiger partial charge in [0.15, 0.2) is 0 Å². The second kappa shape index (κ2) is 12.0. The predicted octanol–water partition coefficient (Wildman–Crippen LogP) is 3.07. The summed E-state index contributed by atoms with van der Waals surface area (Å²) in [6.07, 6.45) is 6.31. The molecule has 1 saturated heterocycles. The van der Waals surface area contributed by atoms with Crippen LogP contribution in [0.25, 0.3) is 0 Å². The average molecular weight is 370 g/mol. The molecule has 1 fully saturated rings. The number of carbonyl (C=O) groups is 1. The zero-order chi connectivity index (χ0) is 19.6. The molecule has 0 aromatic carbocycles. The standard InChI is InChI=1S/C22H44N2O2/c1-7-24(8-2)14-9-13-23-21(25)16-19(11-10-18(3)4)20-12-15-26-22(5,6)17-20/h18-20H,7-17H2,1-6H3,(H,23,25)/p+1/t19-,20-/m0/s1. The van der Waals surface area contributed by atoms with Gasteiger partial charge in [0.2, 0.25) is 5.91 Å². The number of amides is 1. The number of nitrogens with one attached hydrogen (secondary N) is 2. The van der Waals surface area contributed by atoms with Gasteiger partial charge in [-0.15, -0.1) is 0 Å². The van der Waals surface area contributed by atoms with Crippen LogP contribution in [0.2, 0.25) is 0 Å². The van der Waals surface area contributed by atoms with E-state index in [2.05, 4.69) is 46.9 Å². The second-order valence-electron chi connectivity index (χ2n) is 9.21. The number of ether oxygens (including phenoxy) is 1. The lowest BCUT2D eigenvalue weighted by atomic mass is 9.75. The molecule has 4 heteroatoms. The molecular weight excluding hydrogens is 324 g/mol. The Kier molecular flexibility index (Phi) is 10.8. The van der Waals surface area contributed by atoms with Gasteiger partial charge in [0.05, 0.1) is 25.2 Å². The van der Waals surface area contributed by atoms with Crippen LogP contribution in [-0.4, -0.2) is 44.3 Å². The molecule has 0 bridgehead atoms. The number of hydrogen-bond donors (Lipinski definition) is 2. The molecule has 4 nitrogen and oxygen atoms in total. The van der Waals surface area contributed by atoms with E-state index in [0.717, 1.165) is 45.4 Å². The van der Waals surface area contributed by atoms with Gasteiger partial charge in [-0.2, -0.15) is 0 Å². The molecule has 2 N–H and O–H groups in total. The summed E-state index contributed by atoms with van der Waals surface area (Å²) >= 11 is 0. The topological polar surface area (TPSA) is 42.8 Å². The van der Waals surface area contributed by atoms with Crippen LogP contribution in [0.15, 0.2) is 0 Å². The molecule has 1 heterocycles. The lowest BCUT2D eigenvalue weighted by Gasteiger charge is -2.39. The van der Waals surface area contributed by atoms with E-state index in [1.807, 2.05) is 0 Å². The third kappa shape index (κ3) is 9.36. The Balaban J connectivity index is 2.47. The van der Waals surface area contributed by atoms with Crippen LogP contribution < -0.4 is 10.2 Å². The van der Waals surface area contributed by atoms with Gasteiger partial charge in [-0.1, -0.05) is 20.3 Å². The van der Waals surface area contributed by atoms with E-state index in [0.29, 0.717) is 24.2 Å². The molecule has 154 valence electrons. The first-order valence-corrected chi connectivity index (χ1v) is 11.0. The summed E-state index contributed by atoms with van der Waals surface area (Å²) in [5.41, 5.74) is -0.0397. The van der Waals surface area contributed by atoms with Crippen LogP contribution in [0.3, 0.4) is 0 Å². The number of quaternary nitrogens is 1. The van der Waals surface area contributed by atoms with Gasteiger partial charge in [-0.3, -0.25) is 4.79 Å². The highest BCUT2D eigenvalue weighted by atomic mass is 16.5. The van der Waals surface area contributed by atoms with Crippen molar-refractivity contribution in [2.75, 3.05) is 32.8 Å². The van der Waals surface area contributed by atoms with Gasteiger partial charge in [0.25, 0.3) is 0 Å². The van der Waals surface area contributed by atoms with E-state index in [1.165, 1.54) is 19.5 Å². The minimum atomic E-state index is -0.0397. The fraction of sp³-hybridized carbons (Fsp3) is 0.955. The van der Waals surface area contributed by atoms with Crippen molar-refractivity contribution in [2.24, 2.45) is 17.8 Å². The normalized spacial score (nSPS) is 21.2. The maximum atomic E-state index is 12.5. The van der Waals surface area contributed by atoms with E-state index >= 15 is 0 Å². The summed E-state index contributed by atoms with van der Waals surface area (Å²) < 4.78 is 5.90. The van der Waals surface area contributed by atoms with Crippen molar-refractivity contribution in [2.45, 2.75) is 85.7 Å². The molecule has 2 atom stereocenters. The van der Waals surface area contributed by atoms with Crippen LogP contribution in [-0.2, 0) is 9.53 Å². The first-order valence-electron chi connectivity index (χ1n) is 11.0. The third-order valence-electron chi connectivity index (χ3n) is 5.99. The van der Waals surface area contributed by atoms with Crippen LogP contribution in [0.1, 0.15) is 80.1 Å². The molecule has 1 aliphatic heterocycles. The Morgan fingerprint density at radius 3 is 2.50 bits per heavy atom. The van der Waals surface area contributed by atoms with E-state index in [9.17, 15) is 4.79 Å². The molecule has 0 unspecified atom stereocenters. The summed E-state index contributed by atoms with van der Waals surface area (Å²) in [6, 6.07) is 0. The molecule has 26 heavy (non-hydrogen) atoms. The molecule has 1 amide bonds. The first-order chi connectivity index (χ1) is 12.3. The Morgan fingerprint density at radius 1 is 1.23 bits per heavy atom. The predicted molar refractivity (Wildman–Crippen MR) is 109 cm³/mol. The Labute approximate surface area is 162 Å². The molecule has 0 saturated carbocycles. The van der Waals surface area contributed by atoms with Crippen molar-refractivity contribution >= 4 is 5.91 Å². The van der Waals surface area contributed by atoms with Crippen molar-refractivity contribution in [1.82, 2.24) is 5.32 Å². The maximum absolute atomic E-state index is 12.5. The Morgan fingerprint density at radius 2 is 1.92 bits per heavy atom. The molecule has 0 aliphatic carbocycles. The van der Waals surface area contributed by atoms with Gasteiger partial charge in [0, 0.05) is 26.0 Å². The molecule has 0 spiro atoms. The summed E-state index contributed by atoms with van der Waals surface area (Å²) in [6.45, 7) is 18.5. The number of carbonyl (C=O) groups excluding carboxylic acids is 1. The lowest BCUT2D eigenvalue weighted by Crippen LogP contribution is -3.11. The Hall–Kier alpha value is -0.610. The maximum Gasteiger partial charge on any atom is 0.220 e. The smallest absolute Gasteiger partial charge is 0.220 e. The largest absolute Gasteiger partial charge is 0.376 e. The van der Waals surface area contributed by atoms with E-state index in [1.54, 1.807) is 4.90 Å². The van der Waals surface area contributed by atoms with Crippen molar-refractivity contribution in [1.29, 1.82) is 0 Å². The van der Waals surface area contributed by atoms with E-state index in [-0.39, 0.29) is 11.5 Å². The molecule has 0 aromatic rings. The average Bonchev–Trinajstić information content (AvgIpc) is 2.57. The van der Waals surface area contributed by atoms with Crippen LogP contribution in [0.5, 0.6) is 0 Å². The molecule has 0 radical (unpaired) electrons. The van der Waals surface area contributed by atoms with Gasteiger partial charge in [-0.05, 0) is 64.7 Å². The quantitative estimate of drug-likeness (QED) is 0.519. The summed E-state index contributed by atoms with van der Waals surface area (Å²) in [5.74, 6) is 2.06. The van der Waals surface area contributed by atoms with Gasteiger partial charge in [-0.25, -0.2) is 0 Å². The fourth-order valence-corrected chi connectivity index (χ4v) is 4.21. The van der Waals surface area contributed by atoms with Gasteiger partial charge < -0.3 is 15.0 Å². The summed E-state index contributed by atoms with van der Waals surface area (Å²) in [4.78, 5) is 14.1. The van der Waals surface area contributed by atoms with Crippen molar-refractivity contribution in [3.63, 3.8) is 0 Å².